The van der Waals surface area contributed by atoms with Crippen LogP contribution in [0.1, 0.15) is 23.0 Å². The third kappa shape index (κ3) is 2.44. The highest BCUT2D eigenvalue weighted by Crippen LogP contribution is 2.29. The van der Waals surface area contributed by atoms with Crippen LogP contribution >= 0.6 is 22.7 Å². The Hall–Kier alpha value is -2.18. The summed E-state index contributed by atoms with van der Waals surface area (Å²) in [6, 6.07) is 10.1. The van der Waals surface area contributed by atoms with E-state index in [0.717, 1.165) is 27.0 Å². The molecule has 0 spiro atoms. The van der Waals surface area contributed by atoms with Crippen molar-refractivity contribution in [3.05, 3.63) is 47.0 Å². The van der Waals surface area contributed by atoms with E-state index in [4.69, 9.17) is 0 Å². The van der Waals surface area contributed by atoms with E-state index >= 15 is 0 Å². The van der Waals surface area contributed by atoms with E-state index in [1.54, 1.807) is 11.3 Å². The average molecular weight is 341 g/mol. The molecule has 116 valence electrons. The van der Waals surface area contributed by atoms with E-state index in [1.807, 2.05) is 35.1 Å². The minimum Gasteiger partial charge on any atom is -0.336 e. The lowest BCUT2D eigenvalue weighted by atomic mass is 10.2. The predicted octanol–water partition coefficient (Wildman–Crippen LogP) is 4.89. The lowest BCUT2D eigenvalue weighted by Crippen LogP contribution is -2.16. The summed E-state index contributed by atoms with van der Waals surface area (Å²) in [7, 11) is 0. The summed E-state index contributed by atoms with van der Waals surface area (Å²) in [5, 5.41) is 5.64. The Kier molecular flexibility index (Phi) is 3.43. The van der Waals surface area contributed by atoms with Crippen LogP contribution in [0.15, 0.2) is 35.7 Å². The van der Waals surface area contributed by atoms with E-state index < -0.39 is 0 Å². The van der Waals surface area contributed by atoms with Crippen LogP contribution in [-0.2, 0) is 6.54 Å². The fraction of sp³-hybridized carbons (Fsp3) is 0.176. The lowest BCUT2D eigenvalue weighted by Gasteiger charge is -2.06. The molecule has 0 saturated heterocycles. The summed E-state index contributed by atoms with van der Waals surface area (Å²) in [5.41, 5.74) is 3.91. The maximum Gasteiger partial charge on any atom is 0.274 e. The van der Waals surface area contributed by atoms with Gasteiger partial charge in [-0.05, 0) is 49.1 Å². The quantitative estimate of drug-likeness (QED) is 0.576. The normalized spacial score (nSPS) is 11.4. The minimum atomic E-state index is -0.106. The Morgan fingerprint density at radius 3 is 2.96 bits per heavy atom. The SMILES string of the molecule is CCn1c(C(=O)Nc2nc3ccc(C)cc3s2)cc2sccc21. The molecule has 0 aliphatic rings. The molecular weight excluding hydrogens is 326 g/mol. The Morgan fingerprint density at radius 1 is 1.26 bits per heavy atom. The number of hydrogen-bond donors (Lipinski definition) is 1. The molecule has 0 aliphatic carbocycles. The van der Waals surface area contributed by atoms with E-state index in [0.29, 0.717) is 10.8 Å². The van der Waals surface area contributed by atoms with Gasteiger partial charge in [-0.25, -0.2) is 4.98 Å². The van der Waals surface area contributed by atoms with Gasteiger partial charge in [0.2, 0.25) is 0 Å². The maximum atomic E-state index is 12.6. The highest BCUT2D eigenvalue weighted by Gasteiger charge is 2.17. The molecule has 1 aromatic carbocycles. The van der Waals surface area contributed by atoms with E-state index in [9.17, 15) is 4.79 Å². The molecule has 0 aliphatic heterocycles. The van der Waals surface area contributed by atoms with Crippen molar-refractivity contribution in [1.82, 2.24) is 9.55 Å². The van der Waals surface area contributed by atoms with Gasteiger partial charge in [-0.3, -0.25) is 10.1 Å². The number of carbonyl (C=O) groups is 1. The summed E-state index contributed by atoms with van der Waals surface area (Å²) in [6.45, 7) is 4.87. The molecule has 4 aromatic rings. The van der Waals surface area contributed by atoms with Crippen LogP contribution in [-0.4, -0.2) is 15.5 Å². The fourth-order valence-electron chi connectivity index (χ4n) is 2.75. The van der Waals surface area contributed by atoms with Crippen molar-refractivity contribution in [2.24, 2.45) is 0 Å². The number of thiazole rings is 1. The molecule has 3 aromatic heterocycles. The Morgan fingerprint density at radius 2 is 2.13 bits per heavy atom. The van der Waals surface area contributed by atoms with Crippen molar-refractivity contribution in [1.29, 1.82) is 0 Å². The molecule has 1 amide bonds. The summed E-state index contributed by atoms with van der Waals surface area (Å²) < 4.78 is 4.27. The summed E-state index contributed by atoms with van der Waals surface area (Å²) in [4.78, 5) is 17.1. The van der Waals surface area contributed by atoms with Crippen molar-refractivity contribution in [2.45, 2.75) is 20.4 Å². The topological polar surface area (TPSA) is 46.9 Å². The number of hydrogen-bond acceptors (Lipinski definition) is 4. The first kappa shape index (κ1) is 14.4. The van der Waals surface area contributed by atoms with Gasteiger partial charge >= 0.3 is 0 Å². The molecule has 4 nitrogen and oxygen atoms in total. The van der Waals surface area contributed by atoms with Crippen molar-refractivity contribution in [3.8, 4) is 0 Å². The first-order chi connectivity index (χ1) is 11.2. The van der Waals surface area contributed by atoms with Crippen molar-refractivity contribution in [3.63, 3.8) is 0 Å². The highest BCUT2D eigenvalue weighted by atomic mass is 32.1. The van der Waals surface area contributed by atoms with Gasteiger partial charge < -0.3 is 4.57 Å². The van der Waals surface area contributed by atoms with Gasteiger partial charge in [-0.15, -0.1) is 11.3 Å². The number of aryl methyl sites for hydroxylation is 2. The van der Waals surface area contributed by atoms with Crippen molar-refractivity contribution < 1.29 is 4.79 Å². The van der Waals surface area contributed by atoms with Gasteiger partial charge in [0.25, 0.3) is 5.91 Å². The first-order valence-electron chi connectivity index (χ1n) is 7.41. The van der Waals surface area contributed by atoms with Crippen LogP contribution in [0.3, 0.4) is 0 Å². The predicted molar refractivity (Wildman–Crippen MR) is 97.8 cm³/mol. The number of anilines is 1. The first-order valence-corrected chi connectivity index (χ1v) is 9.10. The Balaban J connectivity index is 1.68. The molecule has 3 heterocycles. The minimum absolute atomic E-state index is 0.106. The molecule has 4 rings (SSSR count). The van der Waals surface area contributed by atoms with Crippen LogP contribution in [0.2, 0.25) is 0 Å². The summed E-state index contributed by atoms with van der Waals surface area (Å²) in [6.07, 6.45) is 0. The van der Waals surface area contributed by atoms with Crippen molar-refractivity contribution >= 4 is 54.1 Å². The van der Waals surface area contributed by atoms with E-state index in [2.05, 4.69) is 29.4 Å². The van der Waals surface area contributed by atoms with Crippen LogP contribution in [0, 0.1) is 6.92 Å². The molecule has 0 bridgehead atoms. The zero-order chi connectivity index (χ0) is 16.0. The number of thiophene rings is 1. The second-order valence-electron chi connectivity index (χ2n) is 5.39. The number of rotatable bonds is 3. The van der Waals surface area contributed by atoms with Gasteiger partial charge in [-0.2, -0.15) is 0 Å². The third-order valence-electron chi connectivity index (χ3n) is 3.84. The van der Waals surface area contributed by atoms with Gasteiger partial charge in [0.05, 0.1) is 20.4 Å². The number of benzene rings is 1. The smallest absolute Gasteiger partial charge is 0.274 e. The highest BCUT2D eigenvalue weighted by molar-refractivity contribution is 7.22. The number of nitrogens with zero attached hydrogens (tertiary/aromatic N) is 2. The Bertz CT molecular complexity index is 1030. The molecule has 0 saturated carbocycles. The van der Waals surface area contributed by atoms with E-state index in [-0.39, 0.29) is 5.91 Å². The van der Waals surface area contributed by atoms with Crippen LogP contribution in [0.4, 0.5) is 5.13 Å². The molecule has 1 N–H and O–H groups in total. The molecule has 0 radical (unpaired) electrons. The number of amides is 1. The van der Waals surface area contributed by atoms with Gasteiger partial charge in [0.1, 0.15) is 5.69 Å². The molecule has 6 heteroatoms. The molecule has 0 fully saturated rings. The molecule has 23 heavy (non-hydrogen) atoms. The van der Waals surface area contributed by atoms with E-state index in [1.165, 1.54) is 16.9 Å². The van der Waals surface area contributed by atoms with Gasteiger partial charge in [-0.1, -0.05) is 17.4 Å². The summed E-state index contributed by atoms with van der Waals surface area (Å²) in [5.74, 6) is -0.106. The Labute approximate surface area is 141 Å². The largest absolute Gasteiger partial charge is 0.336 e. The van der Waals surface area contributed by atoms with Crippen molar-refractivity contribution in [2.75, 3.05) is 5.32 Å². The molecular formula is C17H15N3OS2. The number of nitrogens with one attached hydrogen (secondary N) is 1. The van der Waals surface area contributed by atoms with Gasteiger partial charge in [0, 0.05) is 6.54 Å². The molecule has 0 unspecified atom stereocenters. The van der Waals surface area contributed by atoms with Crippen LogP contribution in [0.25, 0.3) is 20.4 Å². The zero-order valence-electron chi connectivity index (χ0n) is 12.8. The monoisotopic (exact) mass is 341 g/mol. The average Bonchev–Trinajstić information content (AvgIpc) is 3.18. The maximum absolute atomic E-state index is 12.6. The fourth-order valence-corrected chi connectivity index (χ4v) is 4.53. The van der Waals surface area contributed by atoms with Crippen LogP contribution in [0.5, 0.6) is 0 Å². The second-order valence-corrected chi connectivity index (χ2v) is 7.37. The zero-order valence-corrected chi connectivity index (χ0v) is 14.4. The third-order valence-corrected chi connectivity index (χ3v) is 5.62. The number of carbonyl (C=O) groups excluding carboxylic acids is 1. The number of fused-ring (bicyclic) bond motifs is 2. The van der Waals surface area contributed by atoms with Gasteiger partial charge in [0.15, 0.2) is 5.13 Å². The van der Waals surface area contributed by atoms with Crippen LogP contribution < -0.4 is 5.32 Å². The standard InChI is InChI=1S/C17H15N3OS2/c1-3-20-12-6-7-22-15(12)9-13(20)16(21)19-17-18-11-5-4-10(2)8-14(11)23-17/h4-9H,3H2,1-2H3,(H,18,19,21). The lowest BCUT2D eigenvalue weighted by molar-refractivity contribution is 0.101. The summed E-state index contributed by atoms with van der Waals surface area (Å²) >= 11 is 3.16. The second kappa shape index (κ2) is 5.47. The number of aromatic nitrogens is 2. The molecule has 0 atom stereocenters.